The molecule has 21 heavy (non-hydrogen) atoms. The summed E-state index contributed by atoms with van der Waals surface area (Å²) in [5.74, 6) is 0. The fraction of sp³-hybridized carbons (Fsp3) is 0.263. The van der Waals surface area contributed by atoms with Crippen LogP contribution in [0, 0.1) is 0 Å². The van der Waals surface area contributed by atoms with Crippen molar-refractivity contribution in [3.8, 4) is 0 Å². The van der Waals surface area contributed by atoms with Gasteiger partial charge in [-0.25, -0.2) is 0 Å². The summed E-state index contributed by atoms with van der Waals surface area (Å²) in [4.78, 5) is 0. The lowest BCUT2D eigenvalue weighted by atomic mass is 9.43. The summed E-state index contributed by atoms with van der Waals surface area (Å²) in [7, 11) is -0.547. The fourth-order valence-electron chi connectivity index (χ4n) is 2.86. The predicted octanol–water partition coefficient (Wildman–Crippen LogP) is 5.72. The molecule has 0 aliphatic rings. The van der Waals surface area contributed by atoms with Gasteiger partial charge in [0.05, 0.1) is 8.80 Å². The molecule has 109 valence electrons. The van der Waals surface area contributed by atoms with Gasteiger partial charge in [0.1, 0.15) is 0 Å². The van der Waals surface area contributed by atoms with Crippen molar-refractivity contribution in [3.63, 3.8) is 0 Å². The number of hydrogen-bond acceptors (Lipinski definition) is 0. The number of hydrogen-bond donors (Lipinski definition) is 0. The van der Waals surface area contributed by atoms with Crippen LogP contribution in [0.25, 0.3) is 5.57 Å². The zero-order valence-electron chi connectivity index (χ0n) is 13.4. The van der Waals surface area contributed by atoms with Crippen molar-refractivity contribution in [3.05, 3.63) is 79.0 Å². The Morgan fingerprint density at radius 3 is 2.00 bits per heavy atom. The SMILES string of the molecule is C=CCB(CC=C)C(=C(CC=C)c1ccccc1)[Si](C)C. The molecule has 0 spiro atoms. The van der Waals surface area contributed by atoms with Gasteiger partial charge in [-0.2, -0.15) is 0 Å². The molecule has 0 bridgehead atoms. The van der Waals surface area contributed by atoms with E-state index in [4.69, 9.17) is 0 Å². The third-order valence-electron chi connectivity index (χ3n) is 3.65. The first-order chi connectivity index (χ1) is 10.2. The summed E-state index contributed by atoms with van der Waals surface area (Å²) < 4.78 is 0. The number of allylic oxidation sites excluding steroid dienone is 4. The van der Waals surface area contributed by atoms with Crippen LogP contribution in [0.15, 0.2) is 73.4 Å². The highest BCUT2D eigenvalue weighted by Gasteiger charge is 2.23. The molecular formula is C19H26BSi. The van der Waals surface area contributed by atoms with Crippen molar-refractivity contribution in [2.75, 3.05) is 0 Å². The van der Waals surface area contributed by atoms with Crippen LogP contribution in [0.4, 0.5) is 0 Å². The molecule has 0 nitrogen and oxygen atoms in total. The summed E-state index contributed by atoms with van der Waals surface area (Å²) in [5.41, 5.74) is 2.79. The normalized spacial score (nSPS) is 11.8. The standard InChI is InChI=1S/C19H26BSi/c1-6-12-18(17-13-10-9-11-14-17)19(21(4)5)20(15-7-2)16-8-3/h6-11,13-14H,1-3,12,15-16H2,4-5H3. The maximum atomic E-state index is 3.96. The molecule has 0 aliphatic carbocycles. The van der Waals surface area contributed by atoms with E-state index in [1.807, 2.05) is 18.2 Å². The Labute approximate surface area is 132 Å². The summed E-state index contributed by atoms with van der Waals surface area (Å²) in [6.45, 7) is 17.1. The van der Waals surface area contributed by atoms with E-state index >= 15 is 0 Å². The topological polar surface area (TPSA) is 0 Å². The van der Waals surface area contributed by atoms with E-state index in [9.17, 15) is 0 Å². The Balaban J connectivity index is 3.42. The molecule has 1 aromatic rings. The van der Waals surface area contributed by atoms with Crippen LogP contribution in [0.2, 0.25) is 25.7 Å². The van der Waals surface area contributed by atoms with E-state index in [0.717, 1.165) is 19.1 Å². The van der Waals surface area contributed by atoms with Crippen LogP contribution in [0.1, 0.15) is 12.0 Å². The van der Waals surface area contributed by atoms with E-state index in [1.165, 1.54) is 11.1 Å². The van der Waals surface area contributed by atoms with Gasteiger partial charge < -0.3 is 0 Å². The fourth-order valence-corrected chi connectivity index (χ4v) is 4.76. The van der Waals surface area contributed by atoms with Crippen LogP contribution in [-0.4, -0.2) is 15.5 Å². The largest absolute Gasteiger partial charge is 0.173 e. The molecule has 1 radical (unpaired) electrons. The molecule has 0 atom stereocenters. The van der Waals surface area contributed by atoms with Gasteiger partial charge in [-0.3, -0.25) is 0 Å². The molecule has 0 saturated heterocycles. The lowest BCUT2D eigenvalue weighted by Gasteiger charge is -2.23. The van der Waals surface area contributed by atoms with Gasteiger partial charge in [-0.1, -0.05) is 79.9 Å². The quantitative estimate of drug-likeness (QED) is 0.404. The van der Waals surface area contributed by atoms with Gasteiger partial charge in [0.2, 0.25) is 0 Å². The van der Waals surface area contributed by atoms with Gasteiger partial charge >= 0.3 is 0 Å². The van der Waals surface area contributed by atoms with E-state index in [2.05, 4.69) is 63.2 Å². The first-order valence-corrected chi connectivity index (χ1v) is 10.1. The minimum atomic E-state index is -0.547. The molecule has 2 heteroatoms. The highest BCUT2D eigenvalue weighted by molar-refractivity contribution is 6.89. The first-order valence-electron chi connectivity index (χ1n) is 7.57. The maximum Gasteiger partial charge on any atom is 0.173 e. The molecule has 0 heterocycles. The molecular weight excluding hydrogens is 267 g/mol. The molecule has 0 amide bonds. The second-order valence-corrected chi connectivity index (χ2v) is 8.04. The van der Waals surface area contributed by atoms with Crippen LogP contribution < -0.4 is 0 Å². The molecule has 0 aromatic heterocycles. The summed E-state index contributed by atoms with van der Waals surface area (Å²) in [6, 6.07) is 10.7. The summed E-state index contributed by atoms with van der Waals surface area (Å²) >= 11 is 0. The van der Waals surface area contributed by atoms with Gasteiger partial charge in [-0.05, 0) is 12.0 Å². The Hall–Kier alpha value is -1.54. The molecule has 0 saturated carbocycles. The van der Waals surface area contributed by atoms with Crippen molar-refractivity contribution in [1.82, 2.24) is 0 Å². The van der Waals surface area contributed by atoms with E-state index in [0.29, 0.717) is 6.71 Å². The minimum Gasteiger partial charge on any atom is -0.108 e. The Morgan fingerprint density at radius 1 is 1.00 bits per heavy atom. The zero-order chi connectivity index (χ0) is 15.7. The maximum absolute atomic E-state index is 3.96. The molecule has 1 rings (SSSR count). The summed E-state index contributed by atoms with van der Waals surface area (Å²) in [5, 5.41) is 1.62. The monoisotopic (exact) mass is 293 g/mol. The highest BCUT2D eigenvalue weighted by atomic mass is 28.3. The van der Waals surface area contributed by atoms with Gasteiger partial charge in [0, 0.05) is 0 Å². The highest BCUT2D eigenvalue weighted by Crippen LogP contribution is 2.29. The van der Waals surface area contributed by atoms with Gasteiger partial charge in [0.25, 0.3) is 0 Å². The van der Waals surface area contributed by atoms with Gasteiger partial charge in [0.15, 0.2) is 6.71 Å². The predicted molar refractivity (Wildman–Crippen MR) is 101 cm³/mol. The molecule has 0 aliphatic heterocycles. The Kier molecular flexibility index (Phi) is 7.85. The lowest BCUT2D eigenvalue weighted by molar-refractivity contribution is 1.38. The second-order valence-electron chi connectivity index (χ2n) is 5.50. The molecule has 0 fully saturated rings. The molecule has 0 unspecified atom stereocenters. The molecule has 1 aromatic carbocycles. The van der Waals surface area contributed by atoms with Crippen LogP contribution >= 0.6 is 0 Å². The van der Waals surface area contributed by atoms with Crippen molar-refractivity contribution in [2.24, 2.45) is 0 Å². The lowest BCUT2D eigenvalue weighted by Crippen LogP contribution is -2.26. The Bertz CT molecular complexity index is 490. The molecule has 0 N–H and O–H groups in total. The third-order valence-corrected chi connectivity index (χ3v) is 5.43. The van der Waals surface area contributed by atoms with Crippen molar-refractivity contribution >= 4 is 21.1 Å². The summed E-state index contributed by atoms with van der Waals surface area (Å²) in [6.07, 6.45) is 9.06. The van der Waals surface area contributed by atoms with E-state index in [-0.39, 0.29) is 0 Å². The smallest absolute Gasteiger partial charge is 0.108 e. The average molecular weight is 293 g/mol. The number of benzene rings is 1. The number of rotatable bonds is 9. The van der Waals surface area contributed by atoms with Crippen molar-refractivity contribution in [2.45, 2.75) is 32.2 Å². The second kappa shape index (κ2) is 9.41. The van der Waals surface area contributed by atoms with Crippen molar-refractivity contribution in [1.29, 1.82) is 0 Å². The van der Waals surface area contributed by atoms with Crippen molar-refractivity contribution < 1.29 is 0 Å². The first kappa shape index (κ1) is 17.5. The van der Waals surface area contributed by atoms with Crippen LogP contribution in [-0.2, 0) is 0 Å². The van der Waals surface area contributed by atoms with Gasteiger partial charge in [-0.15, -0.1) is 24.8 Å². The zero-order valence-corrected chi connectivity index (χ0v) is 14.4. The Morgan fingerprint density at radius 2 is 1.57 bits per heavy atom. The van der Waals surface area contributed by atoms with E-state index in [1.54, 1.807) is 5.10 Å². The van der Waals surface area contributed by atoms with Crippen LogP contribution in [0.5, 0.6) is 0 Å². The average Bonchev–Trinajstić information content (AvgIpc) is 2.48. The van der Waals surface area contributed by atoms with E-state index < -0.39 is 8.80 Å². The third kappa shape index (κ3) is 5.05. The minimum absolute atomic E-state index is 0.527. The van der Waals surface area contributed by atoms with Crippen LogP contribution in [0.3, 0.4) is 0 Å².